The summed E-state index contributed by atoms with van der Waals surface area (Å²) in [6.45, 7) is 0. The van der Waals surface area contributed by atoms with Gasteiger partial charge in [-0.3, -0.25) is 0 Å². The van der Waals surface area contributed by atoms with Gasteiger partial charge in [0.05, 0.1) is 16.1 Å². The minimum absolute atomic E-state index is 0.590. The number of furan rings is 1. The monoisotopic (exact) mass is 725 g/mol. The lowest BCUT2D eigenvalue weighted by Crippen LogP contribution is -2.12. The summed E-state index contributed by atoms with van der Waals surface area (Å²) in [5, 5.41) is 7.60. The highest BCUT2D eigenvalue weighted by Crippen LogP contribution is 2.50. The molecule has 1 saturated carbocycles. The molecule has 3 heteroatoms. The third-order valence-electron chi connectivity index (χ3n) is 11.9. The van der Waals surface area contributed by atoms with Crippen LogP contribution in [0.3, 0.4) is 0 Å². The molecule has 0 saturated heterocycles. The fourth-order valence-electron chi connectivity index (χ4n) is 9.39. The summed E-state index contributed by atoms with van der Waals surface area (Å²) < 4.78 is 8.94. The molecule has 0 aliphatic heterocycles. The van der Waals surface area contributed by atoms with E-state index in [4.69, 9.17) is 4.42 Å². The van der Waals surface area contributed by atoms with Gasteiger partial charge in [-0.1, -0.05) is 147 Å². The van der Waals surface area contributed by atoms with Crippen molar-refractivity contribution in [2.75, 3.05) is 4.90 Å². The summed E-state index contributed by atoms with van der Waals surface area (Å²) >= 11 is 1.88. The van der Waals surface area contributed by atoms with Crippen LogP contribution < -0.4 is 4.90 Å². The van der Waals surface area contributed by atoms with Crippen LogP contribution >= 0.6 is 11.3 Å². The fraction of sp³-hybridized carbons (Fsp3) is 0.115. The highest BCUT2D eigenvalue weighted by Gasteiger charge is 2.25. The molecule has 8 aromatic carbocycles. The summed E-state index contributed by atoms with van der Waals surface area (Å²) in [6, 6.07) is 62.5. The molecule has 2 nitrogen and oxygen atoms in total. The average molecular weight is 726 g/mol. The van der Waals surface area contributed by atoms with Gasteiger partial charge in [-0.15, -0.1) is 11.3 Å². The SMILES string of the molecule is c1cc(-c2cccc3oc4ccccc4c23)cc(N(c2ccccc2-c2cccc3cccc(C4CCCCC4)c23)c2cccc3c2sc2ccccc23)c1. The lowest BCUT2D eigenvalue weighted by atomic mass is 9.80. The molecule has 0 unspecified atom stereocenters. The first-order chi connectivity index (χ1) is 27.3. The Kier molecular flexibility index (Phi) is 7.81. The molecule has 0 atom stereocenters. The van der Waals surface area contributed by atoms with E-state index in [0.29, 0.717) is 5.92 Å². The highest BCUT2D eigenvalue weighted by atomic mass is 32.1. The van der Waals surface area contributed by atoms with Gasteiger partial charge in [0.2, 0.25) is 0 Å². The normalized spacial score (nSPS) is 13.7. The number of anilines is 3. The minimum atomic E-state index is 0.590. The van der Waals surface area contributed by atoms with Gasteiger partial charge in [0.15, 0.2) is 0 Å². The Labute approximate surface area is 324 Å². The zero-order valence-corrected chi connectivity index (χ0v) is 31.4. The number of thiophene rings is 1. The third-order valence-corrected chi connectivity index (χ3v) is 13.1. The van der Waals surface area contributed by atoms with Gasteiger partial charge in [0.1, 0.15) is 11.2 Å². The molecule has 0 radical (unpaired) electrons. The average Bonchev–Trinajstić information content (AvgIpc) is 3.83. The molecule has 1 aliphatic rings. The zero-order valence-electron chi connectivity index (χ0n) is 30.5. The molecular weight excluding hydrogens is 687 g/mol. The van der Waals surface area contributed by atoms with E-state index < -0.39 is 0 Å². The summed E-state index contributed by atoms with van der Waals surface area (Å²) in [6.07, 6.45) is 6.50. The molecule has 10 aromatic rings. The molecule has 55 heavy (non-hydrogen) atoms. The molecule has 0 N–H and O–H groups in total. The Morgan fingerprint density at radius 2 is 1.16 bits per heavy atom. The Morgan fingerprint density at radius 1 is 0.491 bits per heavy atom. The van der Waals surface area contributed by atoms with Crippen molar-refractivity contribution < 1.29 is 4.42 Å². The smallest absolute Gasteiger partial charge is 0.136 e. The van der Waals surface area contributed by atoms with Crippen molar-refractivity contribution in [3.63, 3.8) is 0 Å². The summed E-state index contributed by atoms with van der Waals surface area (Å²) in [7, 11) is 0. The first-order valence-electron chi connectivity index (χ1n) is 19.6. The molecule has 2 heterocycles. The topological polar surface area (TPSA) is 16.4 Å². The second kappa shape index (κ2) is 13.3. The van der Waals surface area contributed by atoms with Gasteiger partial charge >= 0.3 is 0 Å². The van der Waals surface area contributed by atoms with E-state index >= 15 is 0 Å². The maximum atomic E-state index is 6.35. The predicted octanol–water partition coefficient (Wildman–Crippen LogP) is 16.0. The van der Waals surface area contributed by atoms with Crippen LogP contribution in [0, 0.1) is 0 Å². The Morgan fingerprint density at radius 3 is 2.09 bits per heavy atom. The van der Waals surface area contributed by atoms with Gasteiger partial charge in [0.25, 0.3) is 0 Å². The standard InChI is InChI=1S/C52H39NOS/c1-2-15-34(16-3-1)38-24-11-17-35-18-12-26-42(50(35)38)40-21-4-7-28-45(40)53(46-29-13-27-43-41-22-6-9-32-49(41)55-52(43)46)37-20-10-19-36(33-37)39-25-14-31-48-51(39)44-23-5-8-30-47(44)54-48/h4-14,17-34H,1-3,15-16H2. The van der Waals surface area contributed by atoms with E-state index in [2.05, 4.69) is 169 Å². The summed E-state index contributed by atoms with van der Waals surface area (Å²) in [5.74, 6) is 0.590. The van der Waals surface area contributed by atoms with Crippen LogP contribution in [0.25, 0.3) is 75.1 Å². The number of hydrogen-bond acceptors (Lipinski definition) is 3. The second-order valence-corrected chi connectivity index (χ2v) is 16.1. The van der Waals surface area contributed by atoms with Crippen molar-refractivity contribution in [1.82, 2.24) is 0 Å². The van der Waals surface area contributed by atoms with Crippen molar-refractivity contribution in [1.29, 1.82) is 0 Å². The van der Waals surface area contributed by atoms with Gasteiger partial charge in [0, 0.05) is 37.5 Å². The maximum Gasteiger partial charge on any atom is 0.136 e. The van der Waals surface area contributed by atoms with E-state index in [1.807, 2.05) is 17.4 Å². The first kappa shape index (κ1) is 32.3. The molecule has 0 amide bonds. The number of nitrogens with zero attached hydrogens (tertiary/aromatic N) is 1. The lowest BCUT2D eigenvalue weighted by Gasteiger charge is -2.30. The van der Waals surface area contributed by atoms with E-state index in [0.717, 1.165) is 33.2 Å². The van der Waals surface area contributed by atoms with Crippen molar-refractivity contribution in [3.8, 4) is 22.3 Å². The number of para-hydroxylation sites is 2. The van der Waals surface area contributed by atoms with Crippen LogP contribution in [0.5, 0.6) is 0 Å². The molecule has 11 rings (SSSR count). The van der Waals surface area contributed by atoms with Crippen molar-refractivity contribution in [3.05, 3.63) is 175 Å². The molecule has 1 fully saturated rings. The Bertz CT molecular complexity index is 3050. The third kappa shape index (κ3) is 5.37. The molecule has 1 aliphatic carbocycles. The van der Waals surface area contributed by atoms with Crippen LogP contribution in [-0.2, 0) is 0 Å². The summed E-state index contributed by atoms with van der Waals surface area (Å²) in [4.78, 5) is 2.52. The number of fused-ring (bicyclic) bond motifs is 7. The largest absolute Gasteiger partial charge is 0.456 e. The van der Waals surface area contributed by atoms with Gasteiger partial charge in [-0.05, 0) is 94.3 Å². The molecule has 0 spiro atoms. The number of rotatable bonds is 6. The fourth-order valence-corrected chi connectivity index (χ4v) is 10.6. The summed E-state index contributed by atoms with van der Waals surface area (Å²) in [5.41, 5.74) is 11.7. The Balaban J connectivity index is 1.17. The van der Waals surface area contributed by atoms with Gasteiger partial charge in [-0.25, -0.2) is 0 Å². The minimum Gasteiger partial charge on any atom is -0.456 e. The number of benzene rings is 8. The van der Waals surface area contributed by atoms with Crippen LogP contribution in [0.1, 0.15) is 43.6 Å². The highest BCUT2D eigenvalue weighted by molar-refractivity contribution is 7.26. The molecular formula is C52H39NOS. The van der Waals surface area contributed by atoms with E-state index in [1.54, 1.807) is 0 Å². The second-order valence-electron chi connectivity index (χ2n) is 15.0. The van der Waals surface area contributed by atoms with Crippen molar-refractivity contribution in [2.24, 2.45) is 0 Å². The van der Waals surface area contributed by atoms with Crippen molar-refractivity contribution >= 4 is 81.3 Å². The zero-order chi connectivity index (χ0) is 36.3. The quantitative estimate of drug-likeness (QED) is 0.170. The van der Waals surface area contributed by atoms with Crippen LogP contribution in [0.4, 0.5) is 17.1 Å². The first-order valence-corrected chi connectivity index (χ1v) is 20.4. The Hall–Kier alpha value is -6.16. The predicted molar refractivity (Wildman–Crippen MR) is 235 cm³/mol. The molecule has 0 bridgehead atoms. The number of hydrogen-bond donors (Lipinski definition) is 0. The molecule has 2 aromatic heterocycles. The van der Waals surface area contributed by atoms with Crippen LogP contribution in [0.15, 0.2) is 174 Å². The van der Waals surface area contributed by atoms with E-state index in [1.165, 1.54) is 96.7 Å². The maximum absolute atomic E-state index is 6.35. The van der Waals surface area contributed by atoms with E-state index in [9.17, 15) is 0 Å². The van der Waals surface area contributed by atoms with Gasteiger partial charge in [-0.2, -0.15) is 0 Å². The van der Waals surface area contributed by atoms with Gasteiger partial charge < -0.3 is 9.32 Å². The van der Waals surface area contributed by atoms with Crippen molar-refractivity contribution in [2.45, 2.75) is 38.0 Å². The van der Waals surface area contributed by atoms with Crippen LogP contribution in [0.2, 0.25) is 0 Å². The van der Waals surface area contributed by atoms with E-state index in [-0.39, 0.29) is 0 Å². The molecule has 264 valence electrons. The lowest BCUT2D eigenvalue weighted by molar-refractivity contribution is 0.445. The van der Waals surface area contributed by atoms with Crippen LogP contribution in [-0.4, -0.2) is 0 Å².